The fourth-order valence-corrected chi connectivity index (χ4v) is 4.72. The molecule has 4 aromatic rings. The van der Waals surface area contributed by atoms with Gasteiger partial charge in [0.25, 0.3) is 5.91 Å². The lowest BCUT2D eigenvalue weighted by Crippen LogP contribution is -2.34. The van der Waals surface area contributed by atoms with Gasteiger partial charge in [-0.3, -0.25) is 9.89 Å². The summed E-state index contributed by atoms with van der Waals surface area (Å²) in [5, 5.41) is 22.6. The van der Waals surface area contributed by atoms with Crippen LogP contribution in [0.2, 0.25) is 0 Å². The minimum Gasteiger partial charge on any atom is -0.322 e. The Labute approximate surface area is 199 Å². The Morgan fingerprint density at radius 2 is 1.94 bits per heavy atom. The van der Waals surface area contributed by atoms with Crippen LogP contribution >= 0.6 is 0 Å². The normalized spacial score (nSPS) is 16.1. The Morgan fingerprint density at radius 1 is 1.17 bits per heavy atom. The van der Waals surface area contributed by atoms with Gasteiger partial charge in [0.2, 0.25) is 5.95 Å². The summed E-state index contributed by atoms with van der Waals surface area (Å²) in [5.74, 6) is -2.76. The van der Waals surface area contributed by atoms with E-state index in [1.165, 1.54) is 12.3 Å². The molecule has 186 valence electrons. The number of carbonyl (C=O) groups excluding carboxylic acids is 1. The van der Waals surface area contributed by atoms with E-state index < -0.39 is 49.9 Å². The number of halogens is 4. The Balaban J connectivity index is 1.66. The first kappa shape index (κ1) is 23.4. The van der Waals surface area contributed by atoms with Crippen molar-refractivity contribution in [2.75, 3.05) is 16.9 Å². The van der Waals surface area contributed by atoms with E-state index in [1.807, 2.05) is 0 Å². The van der Waals surface area contributed by atoms with Crippen LogP contribution in [0.5, 0.6) is 0 Å². The van der Waals surface area contributed by atoms with Crippen LogP contribution in [0.15, 0.2) is 53.2 Å². The molecule has 3 N–H and O–H groups in total. The summed E-state index contributed by atoms with van der Waals surface area (Å²) in [6.07, 6.45) is -2.63. The Kier molecular flexibility index (Phi) is 5.27. The number of carbonyl (C=O) groups is 1. The highest BCUT2D eigenvalue weighted by Gasteiger charge is 2.40. The maximum absolute atomic E-state index is 14.5. The molecular formula is C20H14F4N8O3S. The topological polar surface area (TPSA) is 148 Å². The molecule has 3 heterocycles. The highest BCUT2D eigenvalue weighted by Crippen LogP contribution is 2.39. The standard InChI is InChI=1S/C20H14F4N8O3S/c1-36(34,35)18-15(17(33)26-11-3-5-14-10(6-11)8-25-28-14)16(32-19(27-18)29-30-31-32)9-2-4-12(13(21)7-9)20(22,23)24/h2-8,16H,1H3,(H,25,28)(H,26,33)(H,27,29,31). The van der Waals surface area contributed by atoms with Gasteiger partial charge in [-0.2, -0.15) is 23.0 Å². The molecule has 0 saturated carbocycles. The highest BCUT2D eigenvalue weighted by atomic mass is 32.2. The van der Waals surface area contributed by atoms with E-state index in [2.05, 4.69) is 36.4 Å². The monoisotopic (exact) mass is 522 g/mol. The molecule has 0 spiro atoms. The quantitative estimate of drug-likeness (QED) is 0.347. The van der Waals surface area contributed by atoms with E-state index in [9.17, 15) is 30.8 Å². The molecule has 1 atom stereocenters. The van der Waals surface area contributed by atoms with E-state index in [-0.39, 0.29) is 17.2 Å². The number of hydrogen-bond donors (Lipinski definition) is 3. The Hall–Kier alpha value is -4.34. The Morgan fingerprint density at radius 3 is 2.64 bits per heavy atom. The first-order valence-corrected chi connectivity index (χ1v) is 11.9. The number of fused-ring (bicyclic) bond motifs is 2. The molecule has 1 amide bonds. The molecule has 1 aliphatic rings. The van der Waals surface area contributed by atoms with Gasteiger partial charge in [0.1, 0.15) is 16.9 Å². The third-order valence-corrected chi connectivity index (χ3v) is 6.47. The average molecular weight is 522 g/mol. The third-order valence-electron chi connectivity index (χ3n) is 5.41. The molecule has 11 nitrogen and oxygen atoms in total. The predicted octanol–water partition coefficient (Wildman–Crippen LogP) is 2.62. The number of nitrogens with one attached hydrogen (secondary N) is 3. The van der Waals surface area contributed by atoms with Crippen LogP contribution < -0.4 is 10.6 Å². The number of tetrazole rings is 1. The molecule has 0 bridgehead atoms. The smallest absolute Gasteiger partial charge is 0.322 e. The molecule has 5 rings (SSSR count). The molecular weight excluding hydrogens is 508 g/mol. The summed E-state index contributed by atoms with van der Waals surface area (Å²) in [7, 11) is -4.13. The van der Waals surface area contributed by atoms with Crippen LogP contribution in [0, 0.1) is 5.82 Å². The zero-order chi connectivity index (χ0) is 25.8. The van der Waals surface area contributed by atoms with Gasteiger partial charge in [0.05, 0.1) is 22.9 Å². The van der Waals surface area contributed by atoms with Crippen LogP contribution in [0.1, 0.15) is 17.2 Å². The van der Waals surface area contributed by atoms with Crippen molar-refractivity contribution in [3.63, 3.8) is 0 Å². The lowest BCUT2D eigenvalue weighted by Gasteiger charge is -2.28. The molecule has 0 saturated heterocycles. The van der Waals surface area contributed by atoms with Crippen LogP contribution in [0.25, 0.3) is 10.9 Å². The molecule has 36 heavy (non-hydrogen) atoms. The summed E-state index contributed by atoms with van der Waals surface area (Å²) in [6, 6.07) is 5.25. The van der Waals surface area contributed by atoms with Crippen molar-refractivity contribution >= 4 is 38.3 Å². The predicted molar refractivity (Wildman–Crippen MR) is 118 cm³/mol. The average Bonchev–Trinajstić information content (AvgIpc) is 3.45. The number of anilines is 2. The number of H-pyrrole nitrogens is 1. The summed E-state index contributed by atoms with van der Waals surface area (Å²) in [5.41, 5.74) is -1.21. The van der Waals surface area contributed by atoms with Crippen molar-refractivity contribution in [3.05, 3.63) is 70.1 Å². The van der Waals surface area contributed by atoms with Crippen LogP contribution in [-0.2, 0) is 20.8 Å². The Bertz CT molecular complexity index is 1660. The van der Waals surface area contributed by atoms with E-state index in [1.54, 1.807) is 12.1 Å². The fraction of sp³-hybridized carbons (Fsp3) is 0.150. The molecule has 2 aromatic carbocycles. The fourth-order valence-electron chi connectivity index (χ4n) is 3.84. The van der Waals surface area contributed by atoms with E-state index >= 15 is 0 Å². The second-order valence-corrected chi connectivity index (χ2v) is 9.81. The number of benzene rings is 2. The molecule has 1 aliphatic heterocycles. The number of hydrogen-bond acceptors (Lipinski definition) is 8. The first-order valence-electron chi connectivity index (χ1n) is 10.0. The van der Waals surface area contributed by atoms with Gasteiger partial charge in [-0.05, 0) is 46.3 Å². The molecule has 16 heteroatoms. The van der Waals surface area contributed by atoms with Gasteiger partial charge in [0.15, 0.2) is 9.84 Å². The van der Waals surface area contributed by atoms with Crippen molar-refractivity contribution in [2.45, 2.75) is 12.2 Å². The number of sulfone groups is 1. The van der Waals surface area contributed by atoms with Crippen molar-refractivity contribution < 1.29 is 30.8 Å². The third kappa shape index (κ3) is 4.04. The highest BCUT2D eigenvalue weighted by molar-refractivity contribution is 7.94. The number of aromatic amines is 1. The second kappa shape index (κ2) is 8.11. The maximum Gasteiger partial charge on any atom is 0.419 e. The van der Waals surface area contributed by atoms with Crippen molar-refractivity contribution in [1.29, 1.82) is 0 Å². The maximum atomic E-state index is 14.5. The zero-order valence-electron chi connectivity index (χ0n) is 18.0. The summed E-state index contributed by atoms with van der Waals surface area (Å²) >= 11 is 0. The van der Waals surface area contributed by atoms with E-state index in [0.29, 0.717) is 23.0 Å². The lowest BCUT2D eigenvalue weighted by atomic mass is 9.96. The van der Waals surface area contributed by atoms with Crippen molar-refractivity contribution in [3.8, 4) is 0 Å². The number of amides is 1. The molecule has 1 unspecified atom stereocenters. The lowest BCUT2D eigenvalue weighted by molar-refractivity contribution is -0.140. The largest absolute Gasteiger partial charge is 0.419 e. The summed E-state index contributed by atoms with van der Waals surface area (Å²) in [6.45, 7) is 0. The zero-order valence-corrected chi connectivity index (χ0v) is 18.8. The second-order valence-electron chi connectivity index (χ2n) is 7.85. The van der Waals surface area contributed by atoms with Gasteiger partial charge in [-0.25, -0.2) is 12.8 Å². The van der Waals surface area contributed by atoms with Gasteiger partial charge < -0.3 is 10.6 Å². The van der Waals surface area contributed by atoms with Gasteiger partial charge in [-0.1, -0.05) is 11.2 Å². The molecule has 0 fully saturated rings. The SMILES string of the molecule is CS(=O)(=O)C1=C(C(=O)Nc2ccc3[nH]ncc3c2)C(c2ccc(C(F)(F)F)c(F)c2)n2nnnc2N1. The number of aromatic nitrogens is 6. The molecule has 2 aromatic heterocycles. The summed E-state index contributed by atoms with van der Waals surface area (Å²) < 4.78 is 80.1. The van der Waals surface area contributed by atoms with Crippen molar-refractivity contribution in [1.82, 2.24) is 30.4 Å². The number of alkyl halides is 3. The first-order chi connectivity index (χ1) is 16.9. The van der Waals surface area contributed by atoms with E-state index in [4.69, 9.17) is 0 Å². The van der Waals surface area contributed by atoms with Crippen LogP contribution in [-0.4, -0.2) is 51.0 Å². The van der Waals surface area contributed by atoms with Crippen molar-refractivity contribution in [2.24, 2.45) is 0 Å². The van der Waals surface area contributed by atoms with E-state index in [0.717, 1.165) is 17.0 Å². The van der Waals surface area contributed by atoms with Gasteiger partial charge in [-0.15, -0.1) is 0 Å². The van der Waals surface area contributed by atoms with Gasteiger partial charge >= 0.3 is 6.18 Å². The number of nitrogens with zero attached hydrogens (tertiary/aromatic N) is 5. The number of rotatable bonds is 4. The van der Waals surface area contributed by atoms with Gasteiger partial charge in [0, 0.05) is 17.3 Å². The molecule has 0 radical (unpaired) electrons. The molecule has 0 aliphatic carbocycles. The minimum atomic E-state index is -4.96. The minimum absolute atomic E-state index is 0.188. The summed E-state index contributed by atoms with van der Waals surface area (Å²) in [4.78, 5) is 13.5. The van der Waals surface area contributed by atoms with Crippen LogP contribution in [0.4, 0.5) is 29.2 Å². The van der Waals surface area contributed by atoms with Crippen LogP contribution in [0.3, 0.4) is 0 Å².